The van der Waals surface area contributed by atoms with Gasteiger partial charge in [0.2, 0.25) is 11.8 Å². The molecule has 3 rings (SSSR count). The molecule has 2 atom stereocenters. The highest BCUT2D eigenvalue weighted by Crippen LogP contribution is 2.35. The van der Waals surface area contributed by atoms with Gasteiger partial charge in [0.05, 0.1) is 6.33 Å². The summed E-state index contributed by atoms with van der Waals surface area (Å²) in [5.74, 6) is 0.474. The van der Waals surface area contributed by atoms with Gasteiger partial charge in [-0.1, -0.05) is 6.92 Å². The predicted octanol–water partition coefficient (Wildman–Crippen LogP) is 0.789. The Hall–Kier alpha value is -1.85. The molecular formula is C15H22N4O2. The topological polar surface area (TPSA) is 67.2 Å². The first-order valence-electron chi connectivity index (χ1n) is 7.77. The number of carbonyl (C=O) groups is 2. The zero-order valence-corrected chi connectivity index (χ0v) is 12.4. The summed E-state index contributed by atoms with van der Waals surface area (Å²) in [5, 5.41) is 2.92. The number of hydrogen-bond donors (Lipinski definition) is 1. The van der Waals surface area contributed by atoms with E-state index in [0.717, 1.165) is 25.8 Å². The average Bonchev–Trinajstić information content (AvgIpc) is 3.19. The molecule has 2 fully saturated rings. The average molecular weight is 290 g/mol. The summed E-state index contributed by atoms with van der Waals surface area (Å²) in [6.45, 7) is 3.40. The van der Waals surface area contributed by atoms with Crippen LogP contribution in [0.5, 0.6) is 0 Å². The van der Waals surface area contributed by atoms with Gasteiger partial charge >= 0.3 is 0 Å². The van der Waals surface area contributed by atoms with Crippen LogP contribution in [0.3, 0.4) is 0 Å². The second-order valence-corrected chi connectivity index (χ2v) is 5.93. The minimum absolute atomic E-state index is 0.0108. The fraction of sp³-hybridized carbons (Fsp3) is 0.667. The lowest BCUT2D eigenvalue weighted by Gasteiger charge is -2.39. The minimum Gasteiger partial charge on any atom is -0.342 e. The van der Waals surface area contributed by atoms with Gasteiger partial charge in [-0.15, -0.1) is 0 Å². The van der Waals surface area contributed by atoms with Crippen LogP contribution in [0.2, 0.25) is 0 Å². The molecule has 1 saturated heterocycles. The lowest BCUT2D eigenvalue weighted by Crippen LogP contribution is -2.63. The Morgan fingerprint density at radius 3 is 2.76 bits per heavy atom. The SMILES string of the molecule is CCC1C(=O)NC(C2CC2)C(=O)N1CCCn1ccnc1. The van der Waals surface area contributed by atoms with Gasteiger partial charge in [-0.25, -0.2) is 4.98 Å². The molecule has 2 heterocycles. The first-order chi connectivity index (χ1) is 10.2. The number of nitrogens with zero attached hydrogens (tertiary/aromatic N) is 3. The lowest BCUT2D eigenvalue weighted by atomic mass is 10.0. The molecule has 1 aliphatic carbocycles. The quantitative estimate of drug-likeness (QED) is 0.842. The van der Waals surface area contributed by atoms with Gasteiger partial charge < -0.3 is 14.8 Å². The molecule has 114 valence electrons. The van der Waals surface area contributed by atoms with E-state index in [0.29, 0.717) is 18.9 Å². The summed E-state index contributed by atoms with van der Waals surface area (Å²) in [5.41, 5.74) is 0. The van der Waals surface area contributed by atoms with E-state index in [9.17, 15) is 9.59 Å². The van der Waals surface area contributed by atoms with E-state index in [1.54, 1.807) is 17.4 Å². The Morgan fingerprint density at radius 1 is 1.33 bits per heavy atom. The number of aryl methyl sites for hydroxylation is 1. The number of carbonyl (C=O) groups excluding carboxylic acids is 2. The second-order valence-electron chi connectivity index (χ2n) is 5.93. The summed E-state index contributed by atoms with van der Waals surface area (Å²) in [7, 11) is 0. The van der Waals surface area contributed by atoms with E-state index >= 15 is 0 Å². The van der Waals surface area contributed by atoms with E-state index < -0.39 is 0 Å². The Labute approximate surface area is 124 Å². The van der Waals surface area contributed by atoms with E-state index in [1.807, 2.05) is 17.7 Å². The molecule has 21 heavy (non-hydrogen) atoms. The first-order valence-corrected chi connectivity index (χ1v) is 7.77. The van der Waals surface area contributed by atoms with Crippen LogP contribution >= 0.6 is 0 Å². The molecular weight excluding hydrogens is 268 g/mol. The van der Waals surface area contributed by atoms with Crippen molar-refractivity contribution in [3.63, 3.8) is 0 Å². The highest BCUT2D eigenvalue weighted by Gasteiger charge is 2.45. The third kappa shape index (κ3) is 2.94. The van der Waals surface area contributed by atoms with Crippen molar-refractivity contribution in [2.45, 2.75) is 51.2 Å². The molecule has 2 aliphatic rings. The van der Waals surface area contributed by atoms with Gasteiger partial charge in [-0.3, -0.25) is 9.59 Å². The molecule has 2 unspecified atom stereocenters. The minimum atomic E-state index is -0.310. The molecule has 1 saturated carbocycles. The van der Waals surface area contributed by atoms with Crippen LogP contribution in [0, 0.1) is 5.92 Å². The molecule has 0 bridgehead atoms. The van der Waals surface area contributed by atoms with Gasteiger partial charge in [0.15, 0.2) is 0 Å². The van der Waals surface area contributed by atoms with E-state index in [-0.39, 0.29) is 23.9 Å². The fourth-order valence-corrected chi connectivity index (χ4v) is 3.05. The largest absolute Gasteiger partial charge is 0.342 e. The van der Waals surface area contributed by atoms with Crippen LogP contribution in [0.4, 0.5) is 0 Å². The zero-order valence-electron chi connectivity index (χ0n) is 12.4. The fourth-order valence-electron chi connectivity index (χ4n) is 3.05. The van der Waals surface area contributed by atoms with E-state index in [1.165, 1.54) is 0 Å². The molecule has 1 N–H and O–H groups in total. The van der Waals surface area contributed by atoms with Crippen molar-refractivity contribution in [2.24, 2.45) is 5.92 Å². The van der Waals surface area contributed by atoms with Gasteiger partial charge in [0.1, 0.15) is 12.1 Å². The van der Waals surface area contributed by atoms with Gasteiger partial charge in [0.25, 0.3) is 0 Å². The van der Waals surface area contributed by atoms with Crippen LogP contribution in [-0.4, -0.2) is 44.9 Å². The number of rotatable bonds is 6. The normalized spacial score (nSPS) is 26.0. The third-order valence-electron chi connectivity index (χ3n) is 4.38. The predicted molar refractivity (Wildman–Crippen MR) is 77.3 cm³/mol. The van der Waals surface area contributed by atoms with Crippen LogP contribution in [0.15, 0.2) is 18.7 Å². The summed E-state index contributed by atoms with van der Waals surface area (Å²) >= 11 is 0. The molecule has 0 radical (unpaired) electrons. The summed E-state index contributed by atoms with van der Waals surface area (Å²) < 4.78 is 1.99. The van der Waals surface area contributed by atoms with Crippen molar-refractivity contribution in [1.82, 2.24) is 19.8 Å². The molecule has 0 aromatic carbocycles. The highest BCUT2D eigenvalue weighted by atomic mass is 16.2. The van der Waals surface area contributed by atoms with Gasteiger partial charge in [0, 0.05) is 25.5 Å². The van der Waals surface area contributed by atoms with Crippen LogP contribution in [-0.2, 0) is 16.1 Å². The van der Waals surface area contributed by atoms with Crippen molar-refractivity contribution < 1.29 is 9.59 Å². The summed E-state index contributed by atoms with van der Waals surface area (Å²) in [6.07, 6.45) is 9.04. The monoisotopic (exact) mass is 290 g/mol. The Bertz CT molecular complexity index is 510. The smallest absolute Gasteiger partial charge is 0.246 e. The molecule has 0 spiro atoms. The van der Waals surface area contributed by atoms with Crippen LogP contribution in [0.1, 0.15) is 32.6 Å². The molecule has 1 aromatic heterocycles. The number of piperazine rings is 1. The zero-order chi connectivity index (χ0) is 14.8. The number of amides is 2. The Kier molecular flexibility index (Phi) is 3.94. The standard InChI is InChI=1S/C15H22N4O2/c1-2-12-14(20)17-13(11-4-5-11)15(21)19(12)8-3-7-18-9-6-16-10-18/h6,9-13H,2-5,7-8H2,1H3,(H,17,20). The molecule has 6 nitrogen and oxygen atoms in total. The maximum atomic E-state index is 12.6. The van der Waals surface area contributed by atoms with E-state index in [4.69, 9.17) is 0 Å². The number of hydrogen-bond acceptors (Lipinski definition) is 3. The second kappa shape index (κ2) is 5.87. The van der Waals surface area contributed by atoms with Gasteiger partial charge in [-0.2, -0.15) is 0 Å². The first kappa shape index (κ1) is 14.1. The highest BCUT2D eigenvalue weighted by molar-refractivity contribution is 5.97. The number of nitrogens with one attached hydrogen (secondary N) is 1. The van der Waals surface area contributed by atoms with Crippen LogP contribution in [0.25, 0.3) is 0 Å². The Balaban J connectivity index is 1.63. The summed E-state index contributed by atoms with van der Waals surface area (Å²) in [6, 6.07) is -0.594. The maximum Gasteiger partial charge on any atom is 0.246 e. The molecule has 2 amide bonds. The molecule has 1 aromatic rings. The third-order valence-corrected chi connectivity index (χ3v) is 4.38. The van der Waals surface area contributed by atoms with Crippen molar-refractivity contribution >= 4 is 11.8 Å². The van der Waals surface area contributed by atoms with Crippen molar-refractivity contribution in [2.75, 3.05) is 6.54 Å². The lowest BCUT2D eigenvalue weighted by molar-refractivity contribution is -0.150. The van der Waals surface area contributed by atoms with Crippen LogP contribution < -0.4 is 5.32 Å². The van der Waals surface area contributed by atoms with E-state index in [2.05, 4.69) is 10.3 Å². The molecule has 1 aliphatic heterocycles. The Morgan fingerprint density at radius 2 is 2.14 bits per heavy atom. The van der Waals surface area contributed by atoms with Crippen molar-refractivity contribution in [1.29, 1.82) is 0 Å². The number of aromatic nitrogens is 2. The summed E-state index contributed by atoms with van der Waals surface area (Å²) in [4.78, 5) is 30.6. The molecule has 6 heteroatoms. The number of imidazole rings is 1. The van der Waals surface area contributed by atoms with Crippen molar-refractivity contribution in [3.8, 4) is 0 Å². The van der Waals surface area contributed by atoms with Crippen molar-refractivity contribution in [3.05, 3.63) is 18.7 Å². The maximum absolute atomic E-state index is 12.6. The van der Waals surface area contributed by atoms with Gasteiger partial charge in [-0.05, 0) is 31.6 Å².